The zero-order valence-corrected chi connectivity index (χ0v) is 12.1. The SMILES string of the molecule is CN(CCCO)S(=O)(=O)NCCCC1CCCC1. The molecule has 0 aromatic carbocycles. The van der Waals surface area contributed by atoms with Crippen LogP contribution >= 0.6 is 0 Å². The lowest BCUT2D eigenvalue weighted by Crippen LogP contribution is -2.39. The number of nitrogens with one attached hydrogen (secondary N) is 1. The van der Waals surface area contributed by atoms with E-state index in [1.807, 2.05) is 0 Å². The smallest absolute Gasteiger partial charge is 0.279 e. The van der Waals surface area contributed by atoms with Gasteiger partial charge < -0.3 is 5.11 Å². The van der Waals surface area contributed by atoms with Crippen LogP contribution in [0.15, 0.2) is 0 Å². The second-order valence-corrected chi connectivity index (χ2v) is 6.95. The van der Waals surface area contributed by atoms with Gasteiger partial charge in [-0.15, -0.1) is 0 Å². The van der Waals surface area contributed by atoms with Gasteiger partial charge in [-0.1, -0.05) is 25.7 Å². The second kappa shape index (κ2) is 8.09. The maximum absolute atomic E-state index is 11.8. The van der Waals surface area contributed by atoms with E-state index in [1.54, 1.807) is 0 Å². The Labute approximate surface area is 111 Å². The van der Waals surface area contributed by atoms with Gasteiger partial charge in [0.25, 0.3) is 10.2 Å². The van der Waals surface area contributed by atoms with Crippen molar-refractivity contribution in [2.45, 2.75) is 44.9 Å². The summed E-state index contributed by atoms with van der Waals surface area (Å²) in [5, 5.41) is 8.67. The molecule has 1 aliphatic rings. The van der Waals surface area contributed by atoms with Gasteiger partial charge in [-0.2, -0.15) is 12.7 Å². The summed E-state index contributed by atoms with van der Waals surface area (Å²) in [7, 11) is -1.82. The number of hydrogen-bond donors (Lipinski definition) is 2. The predicted molar refractivity (Wildman–Crippen MR) is 72.4 cm³/mol. The molecule has 6 heteroatoms. The summed E-state index contributed by atoms with van der Waals surface area (Å²) in [5.41, 5.74) is 0. The van der Waals surface area contributed by atoms with Crippen LogP contribution < -0.4 is 4.72 Å². The van der Waals surface area contributed by atoms with Crippen LogP contribution in [0.4, 0.5) is 0 Å². The monoisotopic (exact) mass is 278 g/mol. The first-order valence-corrected chi connectivity index (χ1v) is 8.32. The molecule has 5 nitrogen and oxygen atoms in total. The third-order valence-electron chi connectivity index (χ3n) is 3.59. The van der Waals surface area contributed by atoms with Crippen molar-refractivity contribution >= 4 is 10.2 Å². The van der Waals surface area contributed by atoms with Crippen LogP contribution in [-0.4, -0.2) is 44.6 Å². The zero-order valence-electron chi connectivity index (χ0n) is 11.3. The molecule has 0 radical (unpaired) electrons. The van der Waals surface area contributed by atoms with Crippen molar-refractivity contribution in [1.82, 2.24) is 9.03 Å². The van der Waals surface area contributed by atoms with E-state index in [2.05, 4.69) is 4.72 Å². The van der Waals surface area contributed by atoms with Crippen LogP contribution in [-0.2, 0) is 10.2 Å². The minimum absolute atomic E-state index is 0.0154. The third-order valence-corrected chi connectivity index (χ3v) is 5.16. The van der Waals surface area contributed by atoms with Crippen molar-refractivity contribution < 1.29 is 13.5 Å². The van der Waals surface area contributed by atoms with Crippen molar-refractivity contribution in [3.8, 4) is 0 Å². The fourth-order valence-electron chi connectivity index (χ4n) is 2.41. The molecule has 0 unspecified atom stereocenters. The van der Waals surface area contributed by atoms with Gasteiger partial charge in [0.1, 0.15) is 0 Å². The highest BCUT2D eigenvalue weighted by atomic mass is 32.2. The van der Waals surface area contributed by atoms with Crippen molar-refractivity contribution in [3.63, 3.8) is 0 Å². The molecule has 0 aromatic rings. The maximum atomic E-state index is 11.8. The molecule has 2 N–H and O–H groups in total. The summed E-state index contributed by atoms with van der Waals surface area (Å²) in [6.07, 6.45) is 7.80. The highest BCUT2D eigenvalue weighted by Gasteiger charge is 2.17. The Morgan fingerprint density at radius 3 is 2.56 bits per heavy atom. The normalized spacial score (nSPS) is 17.7. The standard InChI is InChI=1S/C12H26N2O3S/c1-14(10-5-11-15)18(16,17)13-9-4-8-12-6-2-3-7-12/h12-13,15H,2-11H2,1H3. The average Bonchev–Trinajstić information content (AvgIpc) is 2.84. The van der Waals surface area contributed by atoms with Crippen molar-refractivity contribution in [1.29, 1.82) is 0 Å². The van der Waals surface area contributed by atoms with Gasteiger partial charge in [0.05, 0.1) is 0 Å². The van der Waals surface area contributed by atoms with Crippen LogP contribution in [0.2, 0.25) is 0 Å². The molecule has 1 fully saturated rings. The third kappa shape index (κ3) is 5.65. The number of nitrogens with zero attached hydrogens (tertiary/aromatic N) is 1. The fraction of sp³-hybridized carbons (Fsp3) is 1.00. The molecule has 0 aliphatic heterocycles. The molecule has 1 rings (SSSR count). The molecule has 0 amide bonds. The van der Waals surface area contributed by atoms with Crippen LogP contribution in [0.3, 0.4) is 0 Å². The summed E-state index contributed by atoms with van der Waals surface area (Å²) in [6.45, 7) is 0.887. The quantitative estimate of drug-likeness (QED) is 0.621. The summed E-state index contributed by atoms with van der Waals surface area (Å²) in [5.74, 6) is 0.807. The Kier molecular flexibility index (Phi) is 7.14. The van der Waals surface area contributed by atoms with Gasteiger partial charge in [-0.25, -0.2) is 4.72 Å². The minimum Gasteiger partial charge on any atom is -0.396 e. The molecule has 18 heavy (non-hydrogen) atoms. The zero-order chi connectivity index (χ0) is 13.4. The van der Waals surface area contributed by atoms with Gasteiger partial charge in [-0.05, 0) is 25.2 Å². The average molecular weight is 278 g/mol. The lowest BCUT2D eigenvalue weighted by atomic mass is 10.0. The van der Waals surface area contributed by atoms with E-state index in [0.29, 0.717) is 19.5 Å². The second-order valence-electron chi connectivity index (χ2n) is 5.09. The largest absolute Gasteiger partial charge is 0.396 e. The number of hydrogen-bond acceptors (Lipinski definition) is 3. The lowest BCUT2D eigenvalue weighted by molar-refractivity contribution is 0.275. The molecule has 0 heterocycles. The van der Waals surface area contributed by atoms with Gasteiger partial charge in [-0.3, -0.25) is 0 Å². The van der Waals surface area contributed by atoms with Crippen LogP contribution in [0.5, 0.6) is 0 Å². The number of aliphatic hydroxyl groups excluding tert-OH is 1. The van der Waals surface area contributed by atoms with Crippen LogP contribution in [0, 0.1) is 5.92 Å². The first-order chi connectivity index (χ1) is 8.56. The van der Waals surface area contributed by atoms with E-state index >= 15 is 0 Å². The van der Waals surface area contributed by atoms with Crippen molar-refractivity contribution in [2.24, 2.45) is 5.92 Å². The first-order valence-electron chi connectivity index (χ1n) is 6.88. The summed E-state index contributed by atoms with van der Waals surface area (Å²) in [6, 6.07) is 0. The van der Waals surface area contributed by atoms with Gasteiger partial charge in [0.15, 0.2) is 0 Å². The van der Waals surface area contributed by atoms with E-state index in [1.165, 1.54) is 37.0 Å². The minimum atomic E-state index is -3.36. The summed E-state index contributed by atoms with van der Waals surface area (Å²) in [4.78, 5) is 0. The molecule has 0 spiro atoms. The molecule has 0 aromatic heterocycles. The number of rotatable bonds is 9. The fourth-order valence-corrected chi connectivity index (χ4v) is 3.41. The van der Waals surface area contributed by atoms with Crippen molar-refractivity contribution in [2.75, 3.05) is 26.7 Å². The highest BCUT2D eigenvalue weighted by molar-refractivity contribution is 7.87. The van der Waals surface area contributed by atoms with Gasteiger partial charge in [0.2, 0.25) is 0 Å². The molecule has 0 saturated heterocycles. The highest BCUT2D eigenvalue weighted by Crippen LogP contribution is 2.28. The van der Waals surface area contributed by atoms with Crippen LogP contribution in [0.1, 0.15) is 44.9 Å². The molecule has 1 saturated carbocycles. The molecular weight excluding hydrogens is 252 g/mol. The Hall–Kier alpha value is -0.170. The van der Waals surface area contributed by atoms with E-state index in [0.717, 1.165) is 18.8 Å². The predicted octanol–water partition coefficient (Wildman–Crippen LogP) is 1.11. The Morgan fingerprint density at radius 1 is 1.28 bits per heavy atom. The van der Waals surface area contributed by atoms with E-state index < -0.39 is 10.2 Å². The lowest BCUT2D eigenvalue weighted by Gasteiger charge is -2.17. The topological polar surface area (TPSA) is 69.6 Å². The summed E-state index contributed by atoms with van der Waals surface area (Å²) >= 11 is 0. The number of aliphatic hydroxyl groups is 1. The van der Waals surface area contributed by atoms with E-state index in [4.69, 9.17) is 5.11 Å². The first kappa shape index (κ1) is 15.9. The Morgan fingerprint density at radius 2 is 1.94 bits per heavy atom. The molecule has 1 aliphatic carbocycles. The van der Waals surface area contributed by atoms with Gasteiger partial charge in [0, 0.05) is 26.7 Å². The maximum Gasteiger partial charge on any atom is 0.279 e. The molecular formula is C12H26N2O3S. The van der Waals surface area contributed by atoms with Crippen LogP contribution in [0.25, 0.3) is 0 Å². The van der Waals surface area contributed by atoms with E-state index in [9.17, 15) is 8.42 Å². The Balaban J connectivity index is 2.15. The van der Waals surface area contributed by atoms with E-state index in [-0.39, 0.29) is 6.61 Å². The molecule has 108 valence electrons. The van der Waals surface area contributed by atoms with Crippen molar-refractivity contribution in [3.05, 3.63) is 0 Å². The summed E-state index contributed by atoms with van der Waals surface area (Å²) < 4.78 is 27.4. The molecule has 0 bridgehead atoms. The Bertz CT molecular complexity index is 313. The molecule has 0 atom stereocenters. The van der Waals surface area contributed by atoms with Gasteiger partial charge >= 0.3 is 0 Å².